The Kier molecular flexibility index (Phi) is 15.5. The van der Waals surface area contributed by atoms with Crippen molar-refractivity contribution in [3.8, 4) is 0 Å². The Hall–Kier alpha value is -1.15. The van der Waals surface area contributed by atoms with E-state index < -0.39 is 0 Å². The quantitative estimate of drug-likeness (QED) is 0.351. The van der Waals surface area contributed by atoms with Crippen LogP contribution in [0.2, 0.25) is 0 Å². The van der Waals surface area contributed by atoms with Crippen molar-refractivity contribution in [2.24, 2.45) is 0 Å². The standard InChI is InChI=1S/2C8H14NO2.Co/c2*1-6(10)8(7(2)11)5-9(3)4;/h2*5H2,1-4H3;/q2*-1;+3/p+4. The summed E-state index contributed by atoms with van der Waals surface area (Å²) >= 11 is 0. The summed E-state index contributed by atoms with van der Waals surface area (Å²) in [5.41, 5.74) is 0. The Morgan fingerprint density at radius 3 is 0.826 bits per heavy atom. The van der Waals surface area contributed by atoms with Crippen molar-refractivity contribution in [1.82, 2.24) is 9.80 Å². The van der Waals surface area contributed by atoms with E-state index in [9.17, 15) is 0 Å². The fraction of sp³-hybridized carbons (Fsp3) is 0.625. The largest absolute Gasteiger partial charge is 3.00 e. The van der Waals surface area contributed by atoms with Gasteiger partial charge in [0.1, 0.15) is 0 Å². The topological polar surface area (TPSA) is 92.1 Å². The van der Waals surface area contributed by atoms with Crippen LogP contribution in [0.1, 0.15) is 27.7 Å². The molecule has 6 nitrogen and oxygen atoms in total. The third kappa shape index (κ3) is 14.2. The minimum atomic E-state index is 0. The van der Waals surface area contributed by atoms with E-state index in [1.807, 2.05) is 38.0 Å². The minimum absolute atomic E-state index is 0. The molecule has 0 amide bonds. The molecule has 0 aromatic carbocycles. The number of hydrogen-bond donors (Lipinski definition) is 0. The molecule has 0 aromatic heterocycles. The molecule has 0 fully saturated rings. The second kappa shape index (κ2) is 13.3. The van der Waals surface area contributed by atoms with E-state index in [-0.39, 0.29) is 39.9 Å². The van der Waals surface area contributed by atoms with Gasteiger partial charge in [0, 0.05) is 27.7 Å². The van der Waals surface area contributed by atoms with Gasteiger partial charge >= 0.3 is 16.8 Å². The van der Waals surface area contributed by atoms with Crippen LogP contribution < -0.4 is 0 Å². The number of hydrogen-bond acceptors (Lipinski definition) is 2. The zero-order chi connectivity index (χ0) is 18.0. The number of nitrogens with zero attached hydrogens (tertiary/aromatic N) is 2. The number of ketones is 4. The van der Waals surface area contributed by atoms with Crippen LogP contribution in [0.3, 0.4) is 0 Å². The molecule has 0 aromatic rings. The van der Waals surface area contributed by atoms with Crippen molar-refractivity contribution in [1.29, 1.82) is 0 Å². The second-order valence-electron chi connectivity index (χ2n) is 5.77. The van der Waals surface area contributed by atoms with Gasteiger partial charge in [0.2, 0.25) is 0 Å². The van der Waals surface area contributed by atoms with Gasteiger partial charge in [-0.1, -0.05) is 13.1 Å². The molecule has 23 heavy (non-hydrogen) atoms. The first-order valence-electron chi connectivity index (χ1n) is 7.02. The molecule has 7 heteroatoms. The van der Waals surface area contributed by atoms with Gasteiger partial charge in [0.05, 0.1) is 0 Å². The molecule has 0 spiro atoms. The Balaban J connectivity index is -0.000000333. The molecule has 134 valence electrons. The first-order valence-corrected chi connectivity index (χ1v) is 7.02. The molecule has 0 aliphatic rings. The summed E-state index contributed by atoms with van der Waals surface area (Å²) in [6, 6.07) is 0. The van der Waals surface area contributed by atoms with E-state index in [1.165, 1.54) is 0 Å². The molecule has 0 saturated heterocycles. The van der Waals surface area contributed by atoms with Crippen LogP contribution in [0.15, 0.2) is 0 Å². The van der Waals surface area contributed by atoms with E-state index >= 15 is 0 Å². The van der Waals surface area contributed by atoms with Gasteiger partial charge in [-0.05, 0) is 28.2 Å². The van der Waals surface area contributed by atoms with Crippen molar-refractivity contribution in [3.63, 3.8) is 0 Å². The summed E-state index contributed by atoms with van der Waals surface area (Å²) in [4.78, 5) is 40.2. The van der Waals surface area contributed by atoms with E-state index in [4.69, 9.17) is 19.2 Å². The van der Waals surface area contributed by atoms with Crippen molar-refractivity contribution in [2.45, 2.75) is 27.7 Å². The summed E-state index contributed by atoms with van der Waals surface area (Å²) in [5, 5.41) is 0. The van der Waals surface area contributed by atoms with Crippen LogP contribution in [0.25, 0.3) is 0 Å². The maximum Gasteiger partial charge on any atom is 3.00 e. The van der Waals surface area contributed by atoms with Crippen LogP contribution in [-0.4, -0.2) is 93.4 Å². The number of carbonyl (C=O) groups excluding carboxylic acids is 4. The van der Waals surface area contributed by atoms with Gasteiger partial charge in [-0.25, -0.2) is 0 Å². The molecule has 0 bridgehead atoms. The first kappa shape index (κ1) is 26.7. The molecule has 0 aliphatic carbocycles. The van der Waals surface area contributed by atoms with Crippen LogP contribution >= 0.6 is 0 Å². The summed E-state index contributed by atoms with van der Waals surface area (Å²) in [6.07, 6.45) is 0. The molecule has 0 aliphatic heterocycles. The maximum absolute atomic E-state index is 9.10. The molecule has 0 unspecified atom stereocenters. The first-order chi connectivity index (χ1) is 9.89. The van der Waals surface area contributed by atoms with E-state index in [0.717, 1.165) is 0 Å². The fourth-order valence-electron chi connectivity index (χ4n) is 1.61. The van der Waals surface area contributed by atoms with E-state index in [2.05, 4.69) is 0 Å². The van der Waals surface area contributed by atoms with Crippen LogP contribution in [0, 0.1) is 11.8 Å². The minimum Gasteiger partial charge on any atom is -0.335 e. The normalized spacial score (nSPS) is 9.48. The van der Waals surface area contributed by atoms with Crippen molar-refractivity contribution < 1.29 is 36.0 Å². The third-order valence-corrected chi connectivity index (χ3v) is 2.70. The molecule has 0 saturated carbocycles. The van der Waals surface area contributed by atoms with Crippen molar-refractivity contribution in [3.05, 3.63) is 11.8 Å². The summed E-state index contributed by atoms with van der Waals surface area (Å²) in [7, 11) is 7.52. The Morgan fingerprint density at radius 1 is 0.609 bits per heavy atom. The molecule has 4 N–H and O–H groups in total. The van der Waals surface area contributed by atoms with Gasteiger partial charge in [-0.3, -0.25) is 0 Å². The average Bonchev–Trinajstić information content (AvgIpc) is 2.32. The van der Waals surface area contributed by atoms with E-state index in [1.54, 1.807) is 27.7 Å². The molecular formula is C16H32CoN2O4+5. The summed E-state index contributed by atoms with van der Waals surface area (Å²) < 4.78 is 0. The predicted octanol–water partition coefficient (Wildman–Crippen LogP) is 0.502. The fourth-order valence-corrected chi connectivity index (χ4v) is 1.61. The average molecular weight is 375 g/mol. The van der Waals surface area contributed by atoms with Gasteiger partial charge in [0.25, 0.3) is 0 Å². The van der Waals surface area contributed by atoms with Crippen LogP contribution in [-0.2, 0) is 16.8 Å². The number of rotatable bonds is 8. The molecule has 0 radical (unpaired) electrons. The molecule has 0 heterocycles. The van der Waals surface area contributed by atoms with Crippen LogP contribution in [0.5, 0.6) is 0 Å². The van der Waals surface area contributed by atoms with Gasteiger partial charge in [-0.2, -0.15) is 0 Å². The zero-order valence-corrected chi connectivity index (χ0v) is 16.5. The molecule has 0 rings (SSSR count). The Bertz CT molecular complexity index is 343. The molecular weight excluding hydrogens is 343 g/mol. The van der Waals surface area contributed by atoms with Crippen molar-refractivity contribution >= 4 is 23.1 Å². The Labute approximate surface area is 150 Å². The van der Waals surface area contributed by atoms with Gasteiger partial charge < -0.3 is 29.0 Å². The summed E-state index contributed by atoms with van der Waals surface area (Å²) in [6.45, 7) is 7.39. The smallest absolute Gasteiger partial charge is 0.335 e. The monoisotopic (exact) mass is 375 g/mol. The molecule has 0 atom stereocenters. The van der Waals surface area contributed by atoms with Crippen molar-refractivity contribution in [2.75, 3.05) is 41.3 Å². The van der Waals surface area contributed by atoms with Gasteiger partial charge in [0.15, 0.2) is 23.1 Å². The predicted molar refractivity (Wildman–Crippen MR) is 94.1 cm³/mol. The third-order valence-electron chi connectivity index (χ3n) is 2.70. The van der Waals surface area contributed by atoms with Gasteiger partial charge in [-0.15, -0.1) is 11.8 Å². The zero-order valence-electron chi connectivity index (χ0n) is 15.4. The summed E-state index contributed by atoms with van der Waals surface area (Å²) in [5.74, 6) is 1.90. The van der Waals surface area contributed by atoms with E-state index in [0.29, 0.717) is 24.9 Å². The Morgan fingerprint density at radius 2 is 0.783 bits per heavy atom. The van der Waals surface area contributed by atoms with Crippen LogP contribution in [0.4, 0.5) is 0 Å². The second-order valence-corrected chi connectivity index (χ2v) is 5.77. The maximum atomic E-state index is 9.10. The SMILES string of the molecule is CC(=[OH+])[C-](CN(C)C)C(C)=[OH+].CC(=[OH+])[C-](CN(C)C)C(C)=[OH+].[Co+3].